The van der Waals surface area contributed by atoms with Gasteiger partial charge in [-0.1, -0.05) is 65.7 Å². The number of ether oxygens (including phenoxy) is 2. The van der Waals surface area contributed by atoms with Crippen LogP contribution in [0.15, 0.2) is 54.6 Å². The molecular formula is C25H24Cl2N2O3. The van der Waals surface area contributed by atoms with Crippen molar-refractivity contribution in [3.8, 4) is 17.0 Å². The summed E-state index contributed by atoms with van der Waals surface area (Å²) >= 11 is 13.0. The highest BCUT2D eigenvalue weighted by Crippen LogP contribution is 2.35. The molecule has 0 bridgehead atoms. The first-order chi connectivity index (χ1) is 15.5. The normalized spacial score (nSPS) is 13.5. The third-order valence-corrected chi connectivity index (χ3v) is 6.21. The van der Waals surface area contributed by atoms with Gasteiger partial charge in [0.15, 0.2) is 0 Å². The van der Waals surface area contributed by atoms with Gasteiger partial charge < -0.3 is 9.47 Å². The molecule has 0 fully saturated rings. The molecule has 2 heterocycles. The summed E-state index contributed by atoms with van der Waals surface area (Å²) in [6.45, 7) is 4.53. The van der Waals surface area contributed by atoms with E-state index in [9.17, 15) is 4.79 Å². The average Bonchev–Trinajstić information content (AvgIpc) is 2.79. The Morgan fingerprint density at radius 1 is 1.06 bits per heavy atom. The molecule has 0 N–H and O–H groups in total. The SMILES string of the molecule is CC(=O)OCCN1CCc2nc(OCc3cccc(-c4ccccc4Cl)c3Cl)ccc2C1. The van der Waals surface area contributed by atoms with E-state index in [1.165, 1.54) is 12.5 Å². The number of halogens is 2. The van der Waals surface area contributed by atoms with Crippen LogP contribution in [-0.2, 0) is 29.1 Å². The molecule has 1 aliphatic heterocycles. The molecule has 166 valence electrons. The van der Waals surface area contributed by atoms with E-state index in [1.54, 1.807) is 0 Å². The summed E-state index contributed by atoms with van der Waals surface area (Å²) in [5.41, 5.74) is 4.87. The highest BCUT2D eigenvalue weighted by Gasteiger charge is 2.18. The second-order valence-corrected chi connectivity index (χ2v) is 8.45. The van der Waals surface area contributed by atoms with Gasteiger partial charge in [-0.2, -0.15) is 0 Å². The topological polar surface area (TPSA) is 51.7 Å². The van der Waals surface area contributed by atoms with Gasteiger partial charge in [-0.15, -0.1) is 0 Å². The first kappa shape index (κ1) is 22.6. The van der Waals surface area contributed by atoms with Crippen LogP contribution in [-0.4, -0.2) is 35.5 Å². The smallest absolute Gasteiger partial charge is 0.302 e. The Morgan fingerprint density at radius 3 is 2.69 bits per heavy atom. The molecule has 0 atom stereocenters. The monoisotopic (exact) mass is 470 g/mol. The van der Waals surface area contributed by atoms with Gasteiger partial charge >= 0.3 is 5.97 Å². The molecule has 0 saturated heterocycles. The molecule has 7 heteroatoms. The van der Waals surface area contributed by atoms with Crippen LogP contribution >= 0.6 is 23.2 Å². The molecule has 0 unspecified atom stereocenters. The average molecular weight is 471 g/mol. The van der Waals surface area contributed by atoms with Gasteiger partial charge in [0.25, 0.3) is 0 Å². The highest BCUT2D eigenvalue weighted by molar-refractivity contribution is 6.36. The second kappa shape index (κ2) is 10.3. The quantitative estimate of drug-likeness (QED) is 0.423. The summed E-state index contributed by atoms with van der Waals surface area (Å²) in [6.07, 6.45) is 0.829. The molecule has 1 aromatic heterocycles. The molecule has 32 heavy (non-hydrogen) atoms. The van der Waals surface area contributed by atoms with E-state index in [0.29, 0.717) is 29.1 Å². The van der Waals surface area contributed by atoms with Crippen molar-refractivity contribution in [1.82, 2.24) is 9.88 Å². The van der Waals surface area contributed by atoms with Crippen molar-refractivity contribution in [2.45, 2.75) is 26.5 Å². The molecule has 0 spiro atoms. The van der Waals surface area contributed by atoms with E-state index < -0.39 is 0 Å². The van der Waals surface area contributed by atoms with Crippen molar-refractivity contribution in [2.24, 2.45) is 0 Å². The molecule has 4 rings (SSSR count). The minimum Gasteiger partial charge on any atom is -0.473 e. The van der Waals surface area contributed by atoms with Crippen molar-refractivity contribution in [3.63, 3.8) is 0 Å². The highest BCUT2D eigenvalue weighted by atomic mass is 35.5. The lowest BCUT2D eigenvalue weighted by Crippen LogP contribution is -2.34. The molecule has 0 amide bonds. The van der Waals surface area contributed by atoms with Gasteiger partial charge in [0.2, 0.25) is 5.88 Å². The lowest BCUT2D eigenvalue weighted by molar-refractivity contribution is -0.141. The Morgan fingerprint density at radius 2 is 1.88 bits per heavy atom. The van der Waals surface area contributed by atoms with Crippen LogP contribution in [0.2, 0.25) is 10.0 Å². The molecule has 5 nitrogen and oxygen atoms in total. The Kier molecular flexibility index (Phi) is 7.30. The minimum atomic E-state index is -0.247. The van der Waals surface area contributed by atoms with Crippen LogP contribution in [0.3, 0.4) is 0 Å². The third-order valence-electron chi connectivity index (χ3n) is 5.43. The largest absolute Gasteiger partial charge is 0.473 e. The van der Waals surface area contributed by atoms with E-state index in [-0.39, 0.29) is 5.97 Å². The Balaban J connectivity index is 1.41. The lowest BCUT2D eigenvalue weighted by atomic mass is 10.0. The fraction of sp³-hybridized carbons (Fsp3) is 0.280. The van der Waals surface area contributed by atoms with Gasteiger partial charge in [-0.05, 0) is 11.6 Å². The van der Waals surface area contributed by atoms with Crippen molar-refractivity contribution in [1.29, 1.82) is 0 Å². The number of hydrogen-bond donors (Lipinski definition) is 0. The van der Waals surface area contributed by atoms with E-state index in [2.05, 4.69) is 11.0 Å². The molecule has 2 aromatic carbocycles. The maximum absolute atomic E-state index is 10.9. The number of carbonyl (C=O) groups is 1. The predicted molar refractivity (Wildman–Crippen MR) is 126 cm³/mol. The Labute approximate surface area is 197 Å². The minimum absolute atomic E-state index is 0.247. The number of aromatic nitrogens is 1. The number of fused-ring (bicyclic) bond motifs is 1. The number of benzene rings is 2. The Hall–Kier alpha value is -2.60. The van der Waals surface area contributed by atoms with E-state index in [1.807, 2.05) is 48.5 Å². The van der Waals surface area contributed by atoms with Crippen molar-refractivity contribution < 1.29 is 14.3 Å². The van der Waals surface area contributed by atoms with Gasteiger partial charge in [0, 0.05) is 60.8 Å². The second-order valence-electron chi connectivity index (χ2n) is 7.67. The number of carbonyl (C=O) groups excluding carboxylic acids is 1. The molecule has 0 saturated carbocycles. The van der Waals surface area contributed by atoms with Crippen LogP contribution in [0.5, 0.6) is 5.88 Å². The first-order valence-electron chi connectivity index (χ1n) is 10.5. The number of rotatable bonds is 7. The summed E-state index contributed by atoms with van der Waals surface area (Å²) in [6, 6.07) is 17.4. The first-order valence-corrected chi connectivity index (χ1v) is 11.3. The fourth-order valence-electron chi connectivity index (χ4n) is 3.77. The molecule has 0 aliphatic carbocycles. The van der Waals surface area contributed by atoms with Crippen LogP contribution < -0.4 is 4.74 Å². The van der Waals surface area contributed by atoms with Crippen molar-refractivity contribution >= 4 is 29.2 Å². The summed E-state index contributed by atoms with van der Waals surface area (Å²) in [5.74, 6) is 0.333. The van der Waals surface area contributed by atoms with Crippen molar-refractivity contribution in [3.05, 3.63) is 81.5 Å². The van der Waals surface area contributed by atoms with Gasteiger partial charge in [0.1, 0.15) is 13.2 Å². The standard InChI is InChI=1S/C25H24Cl2N2O3/c1-17(30)31-14-13-29-12-11-23-18(15-29)9-10-24(28-23)32-16-19-5-4-7-21(25(19)27)20-6-2-3-8-22(20)26/h2-10H,11-16H2,1H3. The van der Waals surface area contributed by atoms with E-state index in [0.717, 1.165) is 48.4 Å². The number of nitrogens with zero attached hydrogens (tertiary/aromatic N) is 2. The van der Waals surface area contributed by atoms with Crippen molar-refractivity contribution in [2.75, 3.05) is 19.7 Å². The third kappa shape index (κ3) is 5.41. The summed E-state index contributed by atoms with van der Waals surface area (Å²) in [5, 5.41) is 1.28. The molecular weight excluding hydrogens is 447 g/mol. The van der Waals surface area contributed by atoms with Gasteiger partial charge in [0.05, 0.1) is 10.7 Å². The molecule has 1 aliphatic rings. The maximum atomic E-state index is 10.9. The van der Waals surface area contributed by atoms with E-state index >= 15 is 0 Å². The van der Waals surface area contributed by atoms with Gasteiger partial charge in [-0.3, -0.25) is 9.69 Å². The van der Waals surface area contributed by atoms with Crippen LogP contribution in [0.4, 0.5) is 0 Å². The fourth-order valence-corrected chi connectivity index (χ4v) is 4.29. The zero-order valence-corrected chi connectivity index (χ0v) is 19.3. The zero-order valence-electron chi connectivity index (χ0n) is 17.8. The lowest BCUT2D eigenvalue weighted by Gasteiger charge is -2.28. The summed E-state index contributed by atoms with van der Waals surface area (Å²) in [7, 11) is 0. The molecule has 0 radical (unpaired) electrons. The summed E-state index contributed by atoms with van der Waals surface area (Å²) < 4.78 is 11.0. The number of pyridine rings is 1. The van der Waals surface area contributed by atoms with Crippen LogP contribution in [0.1, 0.15) is 23.7 Å². The van der Waals surface area contributed by atoms with Gasteiger partial charge in [-0.25, -0.2) is 4.98 Å². The predicted octanol–water partition coefficient (Wildman–Crippen LogP) is 5.56. The number of hydrogen-bond acceptors (Lipinski definition) is 5. The Bertz CT molecular complexity index is 1120. The number of esters is 1. The summed E-state index contributed by atoms with van der Waals surface area (Å²) in [4.78, 5) is 17.9. The van der Waals surface area contributed by atoms with E-state index in [4.69, 9.17) is 37.7 Å². The maximum Gasteiger partial charge on any atom is 0.302 e. The zero-order chi connectivity index (χ0) is 22.5. The van der Waals surface area contributed by atoms with Crippen LogP contribution in [0, 0.1) is 0 Å². The van der Waals surface area contributed by atoms with Crippen LogP contribution in [0.25, 0.3) is 11.1 Å². The molecule has 3 aromatic rings.